The number of carbonyl (C=O) groups is 1. The van der Waals surface area contributed by atoms with Crippen LogP contribution in [0, 0.1) is 12.8 Å². The van der Waals surface area contributed by atoms with E-state index >= 15 is 0 Å². The van der Waals surface area contributed by atoms with Crippen molar-refractivity contribution in [3.63, 3.8) is 0 Å². The Kier molecular flexibility index (Phi) is 2.73. The third kappa shape index (κ3) is 2.02. The van der Waals surface area contributed by atoms with Gasteiger partial charge in [0, 0.05) is 37.9 Å². The van der Waals surface area contributed by atoms with Gasteiger partial charge in [0.1, 0.15) is 0 Å². The van der Waals surface area contributed by atoms with Crippen molar-refractivity contribution >= 4 is 5.91 Å². The van der Waals surface area contributed by atoms with Crippen LogP contribution >= 0.6 is 0 Å². The molecule has 2 N–H and O–H groups in total. The molecule has 1 aliphatic heterocycles. The largest absolute Gasteiger partial charge is 0.352 e. The van der Waals surface area contributed by atoms with Crippen molar-refractivity contribution in [3.8, 4) is 0 Å². The average molecular weight is 208 g/mol. The molecule has 1 saturated heterocycles. The molecule has 0 atom stereocenters. The first-order valence-electron chi connectivity index (χ1n) is 5.14. The minimum atomic E-state index is 0.136. The summed E-state index contributed by atoms with van der Waals surface area (Å²) in [5.74, 6) is 0.291. The normalized spacial score (nSPS) is 16.1. The molecule has 1 aromatic rings. The second kappa shape index (κ2) is 4.02. The van der Waals surface area contributed by atoms with Crippen molar-refractivity contribution in [1.29, 1.82) is 0 Å². The molecule has 0 spiro atoms. The quantitative estimate of drug-likeness (QED) is 0.708. The SMILES string of the molecule is Cc1c(CNC(=O)C2CNC2)cnn1C. The van der Waals surface area contributed by atoms with E-state index in [-0.39, 0.29) is 11.8 Å². The van der Waals surface area contributed by atoms with Gasteiger partial charge in [-0.25, -0.2) is 0 Å². The molecule has 15 heavy (non-hydrogen) atoms. The molecule has 2 rings (SSSR count). The lowest BCUT2D eigenvalue weighted by Crippen LogP contribution is -2.50. The number of nitrogens with zero attached hydrogens (tertiary/aromatic N) is 2. The summed E-state index contributed by atoms with van der Waals surface area (Å²) in [5, 5.41) is 10.1. The first-order valence-corrected chi connectivity index (χ1v) is 5.14. The van der Waals surface area contributed by atoms with Gasteiger partial charge in [-0.05, 0) is 6.92 Å². The zero-order valence-corrected chi connectivity index (χ0v) is 9.08. The van der Waals surface area contributed by atoms with Crippen LogP contribution in [-0.2, 0) is 18.4 Å². The number of hydrogen-bond acceptors (Lipinski definition) is 3. The lowest BCUT2D eigenvalue weighted by molar-refractivity contribution is -0.126. The Hall–Kier alpha value is -1.36. The Labute approximate surface area is 88.8 Å². The highest BCUT2D eigenvalue weighted by Gasteiger charge is 2.24. The highest BCUT2D eigenvalue weighted by molar-refractivity contribution is 5.79. The highest BCUT2D eigenvalue weighted by Crippen LogP contribution is 2.06. The fraction of sp³-hybridized carbons (Fsp3) is 0.600. The molecule has 1 aliphatic rings. The van der Waals surface area contributed by atoms with Crippen LogP contribution in [0.5, 0.6) is 0 Å². The zero-order chi connectivity index (χ0) is 10.8. The van der Waals surface area contributed by atoms with E-state index in [0.717, 1.165) is 24.3 Å². The van der Waals surface area contributed by atoms with Crippen molar-refractivity contribution in [2.75, 3.05) is 13.1 Å². The number of rotatable bonds is 3. The molecular weight excluding hydrogens is 192 g/mol. The van der Waals surface area contributed by atoms with Gasteiger partial charge >= 0.3 is 0 Å². The topological polar surface area (TPSA) is 59.0 Å². The molecular formula is C10H16N4O. The van der Waals surface area contributed by atoms with E-state index in [9.17, 15) is 4.79 Å². The maximum Gasteiger partial charge on any atom is 0.225 e. The third-order valence-corrected chi connectivity index (χ3v) is 2.94. The smallest absolute Gasteiger partial charge is 0.225 e. The van der Waals surface area contributed by atoms with Gasteiger partial charge in [0.05, 0.1) is 12.1 Å². The Balaban J connectivity index is 1.87. The van der Waals surface area contributed by atoms with Crippen molar-refractivity contribution in [1.82, 2.24) is 20.4 Å². The predicted octanol–water partition coefficient (Wildman–Crippen LogP) is -0.436. The standard InChI is InChI=1S/C10H16N4O/c1-7-8(6-13-14(7)2)5-12-10(15)9-3-11-4-9/h6,9,11H,3-5H2,1-2H3,(H,12,15). The van der Waals surface area contributed by atoms with Crippen molar-refractivity contribution in [3.05, 3.63) is 17.5 Å². The lowest BCUT2D eigenvalue weighted by atomic mass is 10.0. The lowest BCUT2D eigenvalue weighted by Gasteiger charge is -2.25. The molecule has 0 saturated carbocycles. The number of hydrogen-bond donors (Lipinski definition) is 2. The molecule has 1 fully saturated rings. The van der Waals surface area contributed by atoms with Crippen molar-refractivity contribution in [2.24, 2.45) is 13.0 Å². The Morgan fingerprint density at radius 3 is 2.93 bits per heavy atom. The Morgan fingerprint density at radius 2 is 2.47 bits per heavy atom. The molecule has 0 unspecified atom stereocenters. The van der Waals surface area contributed by atoms with Crippen LogP contribution in [0.4, 0.5) is 0 Å². The van der Waals surface area contributed by atoms with E-state index in [4.69, 9.17) is 0 Å². The van der Waals surface area contributed by atoms with Crippen LogP contribution in [0.1, 0.15) is 11.3 Å². The van der Waals surface area contributed by atoms with E-state index in [2.05, 4.69) is 15.7 Å². The maximum atomic E-state index is 11.5. The Bertz CT molecular complexity index is 367. The van der Waals surface area contributed by atoms with Crippen LogP contribution in [0.3, 0.4) is 0 Å². The van der Waals surface area contributed by atoms with Gasteiger partial charge in [-0.2, -0.15) is 5.10 Å². The van der Waals surface area contributed by atoms with Crippen LogP contribution < -0.4 is 10.6 Å². The van der Waals surface area contributed by atoms with Gasteiger partial charge in [-0.3, -0.25) is 9.48 Å². The van der Waals surface area contributed by atoms with Crippen molar-refractivity contribution in [2.45, 2.75) is 13.5 Å². The van der Waals surface area contributed by atoms with Crippen LogP contribution in [0.2, 0.25) is 0 Å². The summed E-state index contributed by atoms with van der Waals surface area (Å²) in [6.45, 7) is 4.18. The average Bonchev–Trinajstić information content (AvgIpc) is 2.42. The van der Waals surface area contributed by atoms with Gasteiger partial charge in [0.2, 0.25) is 5.91 Å². The summed E-state index contributed by atoms with van der Waals surface area (Å²) >= 11 is 0. The van der Waals surface area contributed by atoms with Gasteiger partial charge in [-0.15, -0.1) is 0 Å². The summed E-state index contributed by atoms with van der Waals surface area (Å²) in [6, 6.07) is 0. The molecule has 1 amide bonds. The molecule has 2 heterocycles. The van der Waals surface area contributed by atoms with E-state index in [0.29, 0.717) is 6.54 Å². The van der Waals surface area contributed by atoms with E-state index in [1.807, 2.05) is 18.7 Å². The number of amides is 1. The summed E-state index contributed by atoms with van der Waals surface area (Å²) in [7, 11) is 1.90. The fourth-order valence-electron chi connectivity index (χ4n) is 1.52. The summed E-state index contributed by atoms with van der Waals surface area (Å²) < 4.78 is 1.81. The molecule has 5 heteroatoms. The first-order chi connectivity index (χ1) is 7.18. The van der Waals surface area contributed by atoms with Crippen molar-refractivity contribution < 1.29 is 4.79 Å². The molecule has 1 aromatic heterocycles. The second-order valence-electron chi connectivity index (χ2n) is 3.95. The van der Waals surface area contributed by atoms with Crippen LogP contribution in [-0.4, -0.2) is 28.8 Å². The van der Waals surface area contributed by atoms with Crippen LogP contribution in [0.25, 0.3) is 0 Å². The summed E-state index contributed by atoms with van der Waals surface area (Å²) in [6.07, 6.45) is 1.80. The number of nitrogens with one attached hydrogen (secondary N) is 2. The zero-order valence-electron chi connectivity index (χ0n) is 9.08. The van der Waals surface area contributed by atoms with Gasteiger partial charge in [0.25, 0.3) is 0 Å². The number of aryl methyl sites for hydroxylation is 1. The van der Waals surface area contributed by atoms with E-state index in [1.54, 1.807) is 6.20 Å². The minimum absolute atomic E-state index is 0.136. The minimum Gasteiger partial charge on any atom is -0.352 e. The monoisotopic (exact) mass is 208 g/mol. The summed E-state index contributed by atoms with van der Waals surface area (Å²) in [5.41, 5.74) is 2.18. The van der Waals surface area contributed by atoms with Gasteiger partial charge in [0.15, 0.2) is 0 Å². The second-order valence-corrected chi connectivity index (χ2v) is 3.95. The molecule has 0 radical (unpaired) electrons. The van der Waals surface area contributed by atoms with E-state index < -0.39 is 0 Å². The molecule has 82 valence electrons. The Morgan fingerprint density at radius 1 is 1.73 bits per heavy atom. The van der Waals surface area contributed by atoms with E-state index in [1.165, 1.54) is 0 Å². The molecule has 0 aromatic carbocycles. The number of carbonyl (C=O) groups excluding carboxylic acids is 1. The van der Waals surface area contributed by atoms with Crippen LogP contribution in [0.15, 0.2) is 6.20 Å². The van der Waals surface area contributed by atoms with Gasteiger partial charge in [-0.1, -0.05) is 0 Å². The first kappa shape index (κ1) is 10.2. The predicted molar refractivity (Wildman–Crippen MR) is 56.2 cm³/mol. The third-order valence-electron chi connectivity index (χ3n) is 2.94. The number of aromatic nitrogens is 2. The fourth-order valence-corrected chi connectivity index (χ4v) is 1.52. The highest BCUT2D eigenvalue weighted by atomic mass is 16.2. The summed E-state index contributed by atoms with van der Waals surface area (Å²) in [4.78, 5) is 11.5. The van der Waals surface area contributed by atoms with Gasteiger partial charge < -0.3 is 10.6 Å². The molecule has 5 nitrogen and oxygen atoms in total. The molecule has 0 aliphatic carbocycles. The molecule has 0 bridgehead atoms. The maximum absolute atomic E-state index is 11.5.